The van der Waals surface area contributed by atoms with E-state index in [1.54, 1.807) is 19.1 Å². The highest BCUT2D eigenvalue weighted by atomic mass is 35.5. The molecular formula is C20H16ClN5O5. The fourth-order valence-corrected chi connectivity index (χ4v) is 3.51. The number of nitro benzene ring substituents is 1. The summed E-state index contributed by atoms with van der Waals surface area (Å²) in [5.74, 6) is -1.44. The third-order valence-electron chi connectivity index (χ3n) is 4.73. The van der Waals surface area contributed by atoms with E-state index in [-0.39, 0.29) is 22.5 Å². The molecule has 3 rings (SSSR count). The maximum Gasteiger partial charge on any atom is 0.270 e. The number of carbonyl (C=O) groups is 2. The molecule has 10 nitrogen and oxygen atoms in total. The fraction of sp³-hybridized carbons (Fsp3) is 0.200. The van der Waals surface area contributed by atoms with Crippen molar-refractivity contribution in [3.8, 4) is 6.07 Å². The molecule has 0 saturated heterocycles. The number of nitrogens with zero attached hydrogens (tertiary/aromatic N) is 3. The van der Waals surface area contributed by atoms with Crippen molar-refractivity contribution in [2.75, 3.05) is 5.32 Å². The minimum absolute atomic E-state index is 0.00174. The predicted molar refractivity (Wildman–Crippen MR) is 111 cm³/mol. The summed E-state index contributed by atoms with van der Waals surface area (Å²) in [6.07, 6.45) is -0.881. The highest BCUT2D eigenvalue weighted by Crippen LogP contribution is 2.42. The Morgan fingerprint density at radius 1 is 1.42 bits per heavy atom. The molecule has 2 amide bonds. The zero-order valence-corrected chi connectivity index (χ0v) is 16.9. The number of amides is 2. The molecule has 0 saturated carbocycles. The molecule has 158 valence electrons. The molecule has 0 aliphatic carbocycles. The lowest BCUT2D eigenvalue weighted by atomic mass is 9.87. The number of hydrogen-bond donors (Lipinski definition) is 3. The summed E-state index contributed by atoms with van der Waals surface area (Å²) < 4.78 is 0. The van der Waals surface area contributed by atoms with Gasteiger partial charge in [-0.15, -0.1) is 0 Å². The molecule has 0 bridgehead atoms. The summed E-state index contributed by atoms with van der Waals surface area (Å²) in [4.78, 5) is 35.0. The number of aryl methyl sites for hydroxylation is 1. The Morgan fingerprint density at radius 3 is 2.84 bits per heavy atom. The Balaban J connectivity index is 2.07. The number of nitrogens with one attached hydrogen (secondary N) is 2. The summed E-state index contributed by atoms with van der Waals surface area (Å²) in [7, 11) is 0. The third-order valence-corrected chi connectivity index (χ3v) is 4.95. The predicted octanol–water partition coefficient (Wildman–Crippen LogP) is 2.52. The van der Waals surface area contributed by atoms with E-state index in [0.717, 1.165) is 0 Å². The second-order valence-corrected chi connectivity index (χ2v) is 7.31. The molecule has 0 aromatic heterocycles. The SMILES string of the molecule is Cc1cc(Cl)cc2c1NC(=O)[C@@]2(O)C/C(=N\NC(=O)CC#N)c1cccc([N+](=O)[O-])c1. The molecule has 11 heteroatoms. The van der Waals surface area contributed by atoms with Crippen LogP contribution in [0.2, 0.25) is 5.02 Å². The second-order valence-electron chi connectivity index (χ2n) is 6.87. The molecule has 1 heterocycles. The van der Waals surface area contributed by atoms with E-state index < -0.39 is 35.2 Å². The van der Waals surface area contributed by atoms with Crippen LogP contribution in [0.25, 0.3) is 0 Å². The molecule has 2 aromatic carbocycles. The van der Waals surface area contributed by atoms with E-state index in [1.165, 1.54) is 30.3 Å². The van der Waals surface area contributed by atoms with Gasteiger partial charge in [-0.1, -0.05) is 23.7 Å². The normalized spacial score (nSPS) is 17.5. The molecule has 0 radical (unpaired) electrons. The van der Waals surface area contributed by atoms with E-state index in [0.29, 0.717) is 16.3 Å². The zero-order chi connectivity index (χ0) is 22.8. The molecule has 0 unspecified atom stereocenters. The lowest BCUT2D eigenvalue weighted by Gasteiger charge is -2.22. The topological polar surface area (TPSA) is 158 Å². The highest BCUT2D eigenvalue weighted by molar-refractivity contribution is 6.31. The summed E-state index contributed by atoms with van der Waals surface area (Å²) in [6.45, 7) is 1.72. The Kier molecular flexibility index (Phi) is 6.01. The number of aliphatic hydroxyl groups is 1. The quantitative estimate of drug-likeness (QED) is 0.355. The number of carbonyl (C=O) groups excluding carboxylic acids is 2. The molecule has 3 N–H and O–H groups in total. The van der Waals surface area contributed by atoms with Gasteiger partial charge < -0.3 is 10.4 Å². The van der Waals surface area contributed by atoms with Crippen molar-refractivity contribution in [2.24, 2.45) is 5.10 Å². The fourth-order valence-electron chi connectivity index (χ4n) is 3.24. The van der Waals surface area contributed by atoms with E-state index in [4.69, 9.17) is 16.9 Å². The average molecular weight is 442 g/mol. The first-order valence-electron chi connectivity index (χ1n) is 8.97. The molecule has 2 aromatic rings. The molecule has 1 atom stereocenters. The van der Waals surface area contributed by atoms with Gasteiger partial charge in [0.15, 0.2) is 5.60 Å². The van der Waals surface area contributed by atoms with Gasteiger partial charge >= 0.3 is 0 Å². The van der Waals surface area contributed by atoms with Crippen LogP contribution in [0.4, 0.5) is 11.4 Å². The smallest absolute Gasteiger partial charge is 0.270 e. The zero-order valence-electron chi connectivity index (χ0n) is 16.2. The van der Waals surface area contributed by atoms with Crippen LogP contribution in [-0.4, -0.2) is 27.6 Å². The van der Waals surface area contributed by atoms with Gasteiger partial charge in [0.2, 0.25) is 0 Å². The van der Waals surface area contributed by atoms with Crippen LogP contribution >= 0.6 is 11.6 Å². The van der Waals surface area contributed by atoms with Crippen LogP contribution in [0, 0.1) is 28.4 Å². The van der Waals surface area contributed by atoms with Crippen molar-refractivity contribution in [3.63, 3.8) is 0 Å². The van der Waals surface area contributed by atoms with Crippen LogP contribution in [0.5, 0.6) is 0 Å². The first-order valence-corrected chi connectivity index (χ1v) is 9.35. The molecule has 31 heavy (non-hydrogen) atoms. The number of halogens is 1. The summed E-state index contributed by atoms with van der Waals surface area (Å²) in [6, 6.07) is 10.1. The summed E-state index contributed by atoms with van der Waals surface area (Å²) in [5.41, 5.74) is 1.32. The van der Waals surface area contributed by atoms with Crippen LogP contribution < -0.4 is 10.7 Å². The lowest BCUT2D eigenvalue weighted by molar-refractivity contribution is -0.384. The van der Waals surface area contributed by atoms with Gasteiger partial charge in [-0.25, -0.2) is 5.43 Å². The average Bonchev–Trinajstić information content (AvgIpc) is 2.96. The Labute approximate surface area is 181 Å². The van der Waals surface area contributed by atoms with Gasteiger partial charge in [-0.3, -0.25) is 19.7 Å². The Hall–Kier alpha value is -3.81. The lowest BCUT2D eigenvalue weighted by Crippen LogP contribution is -2.37. The minimum Gasteiger partial charge on any atom is -0.375 e. The number of nitro groups is 1. The van der Waals surface area contributed by atoms with Gasteiger partial charge in [0.05, 0.1) is 22.4 Å². The maximum absolute atomic E-state index is 12.7. The Morgan fingerprint density at radius 2 is 2.16 bits per heavy atom. The molecule has 0 spiro atoms. The molecular weight excluding hydrogens is 426 g/mol. The van der Waals surface area contributed by atoms with Gasteiger partial charge in [-0.2, -0.15) is 10.4 Å². The van der Waals surface area contributed by atoms with Crippen molar-refractivity contribution >= 4 is 40.5 Å². The number of hydrogen-bond acceptors (Lipinski definition) is 7. The van der Waals surface area contributed by atoms with Crippen LogP contribution in [0.3, 0.4) is 0 Å². The van der Waals surface area contributed by atoms with Crippen LogP contribution in [0.15, 0.2) is 41.5 Å². The number of hydrazone groups is 1. The van der Waals surface area contributed by atoms with E-state index in [9.17, 15) is 24.8 Å². The number of non-ortho nitro benzene ring substituents is 1. The highest BCUT2D eigenvalue weighted by Gasteiger charge is 2.47. The molecule has 0 fully saturated rings. The van der Waals surface area contributed by atoms with Crippen LogP contribution in [-0.2, 0) is 15.2 Å². The number of benzene rings is 2. The van der Waals surface area contributed by atoms with Crippen LogP contribution in [0.1, 0.15) is 29.5 Å². The first-order chi connectivity index (χ1) is 14.7. The number of anilines is 1. The third kappa shape index (κ3) is 4.37. The van der Waals surface area contributed by atoms with E-state index in [2.05, 4.69) is 15.8 Å². The monoisotopic (exact) mass is 441 g/mol. The number of rotatable bonds is 6. The van der Waals surface area contributed by atoms with Crippen molar-refractivity contribution in [1.29, 1.82) is 5.26 Å². The standard InChI is InChI=1S/C20H16ClN5O5/c1-11-7-13(21)9-15-18(11)23-19(28)20(15,29)10-16(24-25-17(27)5-6-22)12-3-2-4-14(8-12)26(30)31/h2-4,7-9,29H,5,10H2,1H3,(H,23,28)(H,25,27)/b24-16+/t20-/m1/s1. The molecule has 1 aliphatic heterocycles. The Bertz CT molecular complexity index is 1170. The number of fused-ring (bicyclic) bond motifs is 1. The van der Waals surface area contributed by atoms with Gasteiger partial charge in [-0.05, 0) is 24.6 Å². The van der Waals surface area contributed by atoms with E-state index in [1.807, 2.05) is 0 Å². The first kappa shape index (κ1) is 21.9. The van der Waals surface area contributed by atoms with Crippen molar-refractivity contribution in [2.45, 2.75) is 25.4 Å². The second kappa shape index (κ2) is 8.51. The maximum atomic E-state index is 12.7. The minimum atomic E-state index is -2.09. The number of nitriles is 1. The van der Waals surface area contributed by atoms with Crippen molar-refractivity contribution in [1.82, 2.24) is 5.43 Å². The van der Waals surface area contributed by atoms with Gasteiger partial charge in [0, 0.05) is 34.7 Å². The van der Waals surface area contributed by atoms with Crippen molar-refractivity contribution < 1.29 is 19.6 Å². The summed E-state index contributed by atoms with van der Waals surface area (Å²) in [5, 5.41) is 38.0. The van der Waals surface area contributed by atoms with Gasteiger partial charge in [0.25, 0.3) is 17.5 Å². The van der Waals surface area contributed by atoms with E-state index >= 15 is 0 Å². The summed E-state index contributed by atoms with van der Waals surface area (Å²) >= 11 is 6.11. The molecule has 1 aliphatic rings. The largest absolute Gasteiger partial charge is 0.375 e. The van der Waals surface area contributed by atoms with Gasteiger partial charge in [0.1, 0.15) is 6.42 Å². The van der Waals surface area contributed by atoms with Crippen molar-refractivity contribution in [3.05, 3.63) is 68.2 Å².